The van der Waals surface area contributed by atoms with Crippen molar-refractivity contribution in [2.24, 2.45) is 5.92 Å². The summed E-state index contributed by atoms with van der Waals surface area (Å²) in [6, 6.07) is 27.5. The molecule has 224 valence electrons. The lowest BCUT2D eigenvalue weighted by Crippen LogP contribution is -2.51. The molecule has 0 saturated heterocycles. The molecule has 0 fully saturated rings. The zero-order chi connectivity index (χ0) is 30.6. The van der Waals surface area contributed by atoms with Crippen LogP contribution in [-0.2, 0) is 32.6 Å². The van der Waals surface area contributed by atoms with Gasteiger partial charge in [0.15, 0.2) is 0 Å². The highest BCUT2D eigenvalue weighted by atomic mass is 79.9. The van der Waals surface area contributed by atoms with Gasteiger partial charge < -0.3 is 10.2 Å². The molecule has 1 heterocycles. The van der Waals surface area contributed by atoms with Gasteiger partial charge in [0.1, 0.15) is 6.04 Å². The van der Waals surface area contributed by atoms with Crippen molar-refractivity contribution >= 4 is 54.2 Å². The van der Waals surface area contributed by atoms with Crippen molar-refractivity contribution < 1.29 is 18.0 Å². The number of carbonyl (C=O) groups excluding carboxylic acids is 2. The molecule has 1 N–H and O–H groups in total. The van der Waals surface area contributed by atoms with Crippen molar-refractivity contribution in [1.29, 1.82) is 0 Å². The van der Waals surface area contributed by atoms with Crippen molar-refractivity contribution in [1.82, 2.24) is 10.2 Å². The topological polar surface area (TPSA) is 86.8 Å². The van der Waals surface area contributed by atoms with Crippen molar-refractivity contribution in [2.75, 3.05) is 17.4 Å². The fraction of sp³-hybridized carbons (Fsp3) is 0.294. The fourth-order valence-electron chi connectivity index (χ4n) is 5.52. The first-order valence-electron chi connectivity index (χ1n) is 14.5. The zero-order valence-corrected chi connectivity index (χ0v) is 26.8. The lowest BCUT2D eigenvalue weighted by atomic mass is 10.0. The number of anilines is 1. The molecular formula is C34H36BrN3O4S. The van der Waals surface area contributed by atoms with Gasteiger partial charge in [-0.15, -0.1) is 0 Å². The first-order chi connectivity index (χ1) is 20.6. The zero-order valence-electron chi connectivity index (χ0n) is 24.4. The van der Waals surface area contributed by atoms with Crippen LogP contribution in [0.1, 0.15) is 37.8 Å². The minimum absolute atomic E-state index is 0.0924. The summed E-state index contributed by atoms with van der Waals surface area (Å²) >= 11 is 3.52. The quantitative estimate of drug-likeness (QED) is 0.193. The van der Waals surface area contributed by atoms with Gasteiger partial charge in [0.25, 0.3) is 10.0 Å². The Kier molecular flexibility index (Phi) is 9.52. The van der Waals surface area contributed by atoms with Crippen LogP contribution in [0.4, 0.5) is 5.69 Å². The Morgan fingerprint density at radius 2 is 1.60 bits per heavy atom. The number of hydrogen-bond acceptors (Lipinski definition) is 4. The minimum Gasteiger partial charge on any atom is -0.354 e. The first-order valence-corrected chi connectivity index (χ1v) is 16.8. The minimum atomic E-state index is -3.72. The summed E-state index contributed by atoms with van der Waals surface area (Å²) in [4.78, 5) is 29.6. The van der Waals surface area contributed by atoms with Crippen molar-refractivity contribution in [2.45, 2.75) is 50.6 Å². The van der Waals surface area contributed by atoms with Crippen LogP contribution < -0.4 is 9.62 Å². The predicted octanol–water partition coefficient (Wildman–Crippen LogP) is 6.30. The Balaban J connectivity index is 1.39. The van der Waals surface area contributed by atoms with Crippen LogP contribution in [0.3, 0.4) is 0 Å². The number of hydrogen-bond donors (Lipinski definition) is 1. The maximum atomic E-state index is 14.0. The molecule has 0 saturated carbocycles. The van der Waals surface area contributed by atoms with E-state index in [-0.39, 0.29) is 37.2 Å². The lowest BCUT2D eigenvalue weighted by molar-refractivity contribution is -0.141. The number of sulfonamides is 1. The molecule has 2 amide bonds. The third-order valence-corrected chi connectivity index (χ3v) is 9.98. The summed E-state index contributed by atoms with van der Waals surface area (Å²) in [5.41, 5.74) is 2.48. The second-order valence-electron chi connectivity index (χ2n) is 11.3. The van der Waals surface area contributed by atoms with Gasteiger partial charge in [-0.1, -0.05) is 96.5 Å². The molecule has 0 unspecified atom stereocenters. The molecular weight excluding hydrogens is 626 g/mol. The van der Waals surface area contributed by atoms with Gasteiger partial charge in [0, 0.05) is 42.3 Å². The third-order valence-electron chi connectivity index (χ3n) is 7.63. The second kappa shape index (κ2) is 13.3. The van der Waals surface area contributed by atoms with E-state index in [2.05, 4.69) is 21.2 Å². The number of nitrogens with one attached hydrogen (secondary N) is 1. The number of benzene rings is 4. The van der Waals surface area contributed by atoms with Gasteiger partial charge in [-0.2, -0.15) is 0 Å². The second-order valence-corrected chi connectivity index (χ2v) is 14.1. The normalized spacial score (nSPS) is 14.2. The molecule has 43 heavy (non-hydrogen) atoms. The first kappa shape index (κ1) is 30.8. The molecule has 1 aliphatic heterocycles. The van der Waals surface area contributed by atoms with Gasteiger partial charge in [-0.25, -0.2) is 8.42 Å². The Bertz CT molecular complexity index is 1720. The van der Waals surface area contributed by atoms with Crippen LogP contribution in [-0.4, -0.2) is 44.3 Å². The molecule has 0 aromatic heterocycles. The average molecular weight is 663 g/mol. The summed E-state index contributed by atoms with van der Waals surface area (Å²) < 4.78 is 29.2. The summed E-state index contributed by atoms with van der Waals surface area (Å²) in [5.74, 6) is -0.149. The van der Waals surface area contributed by atoms with E-state index in [4.69, 9.17) is 0 Å². The Morgan fingerprint density at radius 1 is 0.907 bits per heavy atom. The van der Waals surface area contributed by atoms with E-state index < -0.39 is 16.1 Å². The van der Waals surface area contributed by atoms with Crippen LogP contribution in [0.5, 0.6) is 0 Å². The van der Waals surface area contributed by atoms with Gasteiger partial charge in [-0.3, -0.25) is 13.9 Å². The average Bonchev–Trinajstić information content (AvgIpc) is 3.21. The number of carbonyl (C=O) groups is 2. The Morgan fingerprint density at radius 3 is 2.33 bits per heavy atom. The monoisotopic (exact) mass is 661 g/mol. The molecule has 4 aromatic rings. The number of halogens is 1. The largest absolute Gasteiger partial charge is 0.354 e. The van der Waals surface area contributed by atoms with Crippen LogP contribution in [0.2, 0.25) is 0 Å². The van der Waals surface area contributed by atoms with E-state index in [0.29, 0.717) is 30.0 Å². The fourth-order valence-corrected chi connectivity index (χ4v) is 7.72. The third kappa shape index (κ3) is 6.94. The van der Waals surface area contributed by atoms with Crippen LogP contribution >= 0.6 is 15.9 Å². The Labute approximate surface area is 262 Å². The number of amides is 2. The summed E-state index contributed by atoms with van der Waals surface area (Å²) in [6.45, 7) is 4.97. The van der Waals surface area contributed by atoms with Crippen LogP contribution in [0, 0.1) is 5.92 Å². The highest BCUT2D eigenvalue weighted by molar-refractivity contribution is 9.10. The van der Waals surface area contributed by atoms with Gasteiger partial charge in [0.2, 0.25) is 11.8 Å². The summed E-state index contributed by atoms with van der Waals surface area (Å²) in [6.07, 6.45) is 0.764. The maximum Gasteiger partial charge on any atom is 0.265 e. The lowest BCUT2D eigenvalue weighted by Gasteiger charge is -2.32. The number of rotatable bonds is 12. The molecule has 0 aliphatic carbocycles. The SMILES string of the molecule is CC(C)CNC(=O)[C@@H](Cc1ccccc1)N(Cc1cccc(Br)c1)C(=O)CCCN1c2cccc3cccc(c23)S1(=O)=O. The van der Waals surface area contributed by atoms with Crippen LogP contribution in [0.25, 0.3) is 10.8 Å². The van der Waals surface area contributed by atoms with E-state index in [1.54, 1.807) is 17.0 Å². The smallest absolute Gasteiger partial charge is 0.265 e. The van der Waals surface area contributed by atoms with E-state index in [1.807, 2.05) is 92.7 Å². The molecule has 7 nitrogen and oxygen atoms in total. The summed E-state index contributed by atoms with van der Waals surface area (Å²) in [5, 5.41) is 4.63. The molecule has 1 atom stereocenters. The molecule has 9 heteroatoms. The Hall–Kier alpha value is -3.69. The van der Waals surface area contributed by atoms with Gasteiger partial charge in [-0.05, 0) is 53.1 Å². The highest BCUT2D eigenvalue weighted by Gasteiger charge is 2.36. The van der Waals surface area contributed by atoms with Crippen molar-refractivity contribution in [3.8, 4) is 0 Å². The standard InChI is InChI=1S/C34H36BrN3O4S/c1-24(2)22-36-34(40)30(21-25-10-4-3-5-11-25)37(23-26-12-6-15-28(35)20-26)32(39)18-9-19-38-29-16-7-13-27-14-8-17-31(33(27)29)43(38,41)42/h3-8,10-17,20,24,30H,9,18-19,21-23H2,1-2H3,(H,36,40)/t30-/m1/s1. The highest BCUT2D eigenvalue weighted by Crippen LogP contribution is 2.42. The molecule has 0 spiro atoms. The van der Waals surface area contributed by atoms with Gasteiger partial charge >= 0.3 is 0 Å². The van der Waals surface area contributed by atoms with Gasteiger partial charge in [0.05, 0.1) is 10.6 Å². The molecule has 1 aliphatic rings. The summed E-state index contributed by atoms with van der Waals surface area (Å²) in [7, 11) is -3.72. The number of nitrogens with zero attached hydrogens (tertiary/aromatic N) is 2. The van der Waals surface area contributed by atoms with E-state index in [1.165, 1.54) is 4.31 Å². The molecule has 5 rings (SSSR count). The van der Waals surface area contributed by atoms with Crippen molar-refractivity contribution in [3.63, 3.8) is 0 Å². The van der Waals surface area contributed by atoms with Crippen molar-refractivity contribution in [3.05, 3.63) is 107 Å². The molecule has 0 bridgehead atoms. The predicted molar refractivity (Wildman–Crippen MR) is 174 cm³/mol. The van der Waals surface area contributed by atoms with E-state index in [9.17, 15) is 18.0 Å². The maximum absolute atomic E-state index is 14.0. The molecule has 4 aromatic carbocycles. The van der Waals surface area contributed by atoms with E-state index >= 15 is 0 Å². The van der Waals surface area contributed by atoms with E-state index in [0.717, 1.165) is 26.4 Å². The van der Waals surface area contributed by atoms with Crippen LogP contribution in [0.15, 0.2) is 100 Å². The molecule has 0 radical (unpaired) electrons.